The van der Waals surface area contributed by atoms with E-state index in [2.05, 4.69) is 10.3 Å². The molecule has 2 aromatic carbocycles. The number of para-hydroxylation sites is 2. The predicted molar refractivity (Wildman–Crippen MR) is 100 cm³/mol. The SMILES string of the molecule is CC(NC(=O)Cn1c(=O)cnc2ccccc21)c1ccc(S(N)(=O)=O)cc1. The molecule has 1 amide bonds. The molecule has 0 aliphatic carbocycles. The van der Waals surface area contributed by atoms with E-state index in [4.69, 9.17) is 5.14 Å². The van der Waals surface area contributed by atoms with Gasteiger partial charge in [-0.05, 0) is 36.8 Å². The molecule has 1 atom stereocenters. The van der Waals surface area contributed by atoms with E-state index in [1.165, 1.54) is 22.9 Å². The normalized spacial score (nSPS) is 12.7. The molecule has 1 unspecified atom stereocenters. The van der Waals surface area contributed by atoms with Crippen molar-refractivity contribution in [2.24, 2.45) is 5.14 Å². The lowest BCUT2D eigenvalue weighted by atomic mass is 10.1. The van der Waals surface area contributed by atoms with Gasteiger partial charge in [0.25, 0.3) is 5.56 Å². The first-order valence-corrected chi connectivity index (χ1v) is 9.67. The van der Waals surface area contributed by atoms with E-state index < -0.39 is 10.0 Å². The molecule has 0 aliphatic rings. The molecule has 1 heterocycles. The van der Waals surface area contributed by atoms with Crippen molar-refractivity contribution < 1.29 is 13.2 Å². The Labute approximate surface area is 155 Å². The number of benzene rings is 2. The highest BCUT2D eigenvalue weighted by Gasteiger charge is 2.14. The number of aromatic nitrogens is 2. The van der Waals surface area contributed by atoms with Gasteiger partial charge in [-0.2, -0.15) is 0 Å². The maximum atomic E-state index is 12.4. The van der Waals surface area contributed by atoms with E-state index in [9.17, 15) is 18.0 Å². The fraction of sp³-hybridized carbons (Fsp3) is 0.167. The lowest BCUT2D eigenvalue weighted by Crippen LogP contribution is -2.34. The first kappa shape index (κ1) is 18.7. The van der Waals surface area contributed by atoms with Crippen LogP contribution in [0.1, 0.15) is 18.5 Å². The first-order valence-electron chi connectivity index (χ1n) is 8.12. The molecule has 0 aliphatic heterocycles. The standard InChI is InChI=1S/C18H18N4O4S/c1-12(13-6-8-14(9-7-13)27(19,25)26)21-17(23)11-22-16-5-3-2-4-15(16)20-10-18(22)24/h2-10,12H,11H2,1H3,(H,21,23)(H2,19,25,26). The van der Waals surface area contributed by atoms with Crippen LogP contribution in [0.15, 0.2) is 64.4 Å². The van der Waals surface area contributed by atoms with Crippen LogP contribution in [0, 0.1) is 0 Å². The highest BCUT2D eigenvalue weighted by Crippen LogP contribution is 2.15. The van der Waals surface area contributed by atoms with Gasteiger partial charge in [0.05, 0.1) is 28.2 Å². The van der Waals surface area contributed by atoms with Crippen molar-refractivity contribution in [1.82, 2.24) is 14.9 Å². The molecule has 3 aromatic rings. The lowest BCUT2D eigenvalue weighted by molar-refractivity contribution is -0.122. The summed E-state index contributed by atoms with van der Waals surface area (Å²) in [6.07, 6.45) is 1.19. The van der Waals surface area contributed by atoms with Crippen LogP contribution in [-0.4, -0.2) is 23.9 Å². The topological polar surface area (TPSA) is 124 Å². The maximum Gasteiger partial charge on any atom is 0.269 e. The Morgan fingerprint density at radius 2 is 1.85 bits per heavy atom. The number of primary sulfonamides is 1. The molecule has 1 aromatic heterocycles. The molecule has 9 heteroatoms. The average molecular weight is 386 g/mol. The van der Waals surface area contributed by atoms with Gasteiger partial charge in [0.15, 0.2) is 0 Å². The smallest absolute Gasteiger partial charge is 0.269 e. The van der Waals surface area contributed by atoms with Gasteiger partial charge in [0.2, 0.25) is 15.9 Å². The summed E-state index contributed by atoms with van der Waals surface area (Å²) in [6, 6.07) is 12.6. The molecule has 140 valence electrons. The quantitative estimate of drug-likeness (QED) is 0.675. The molecular weight excluding hydrogens is 368 g/mol. The van der Waals surface area contributed by atoms with Crippen LogP contribution in [0.2, 0.25) is 0 Å². The number of nitrogens with two attached hydrogens (primary N) is 1. The zero-order chi connectivity index (χ0) is 19.6. The summed E-state index contributed by atoms with van der Waals surface area (Å²) < 4.78 is 24.0. The minimum absolute atomic E-state index is 0.000385. The maximum absolute atomic E-state index is 12.4. The molecule has 3 rings (SSSR count). The summed E-state index contributed by atoms with van der Waals surface area (Å²) in [7, 11) is -3.77. The van der Waals surface area contributed by atoms with E-state index >= 15 is 0 Å². The van der Waals surface area contributed by atoms with Crippen LogP contribution in [0.25, 0.3) is 11.0 Å². The Bertz CT molecular complexity index is 1150. The van der Waals surface area contributed by atoms with Gasteiger partial charge in [0.1, 0.15) is 6.54 Å². The Kier molecular flexibility index (Phi) is 5.06. The Hall–Kier alpha value is -3.04. The number of fused-ring (bicyclic) bond motifs is 1. The van der Waals surface area contributed by atoms with Gasteiger partial charge in [-0.15, -0.1) is 0 Å². The van der Waals surface area contributed by atoms with Crippen molar-refractivity contribution in [3.05, 3.63) is 70.6 Å². The van der Waals surface area contributed by atoms with Gasteiger partial charge in [0, 0.05) is 0 Å². The van der Waals surface area contributed by atoms with E-state index in [1.54, 1.807) is 43.3 Å². The molecule has 8 nitrogen and oxygen atoms in total. The van der Waals surface area contributed by atoms with E-state index in [1.807, 2.05) is 0 Å². The van der Waals surface area contributed by atoms with Crippen molar-refractivity contribution in [3.63, 3.8) is 0 Å². The second-order valence-corrected chi connectivity index (χ2v) is 7.64. The molecule has 3 N–H and O–H groups in total. The lowest BCUT2D eigenvalue weighted by Gasteiger charge is -2.16. The van der Waals surface area contributed by atoms with Crippen molar-refractivity contribution in [2.45, 2.75) is 24.4 Å². The molecular formula is C18H18N4O4S. The predicted octanol–water partition coefficient (Wildman–Crippen LogP) is 0.921. The summed E-state index contributed by atoms with van der Waals surface area (Å²) >= 11 is 0. The number of nitrogens with one attached hydrogen (secondary N) is 1. The monoisotopic (exact) mass is 386 g/mol. The van der Waals surface area contributed by atoms with Gasteiger partial charge in [-0.3, -0.25) is 14.2 Å². The molecule has 0 spiro atoms. The summed E-state index contributed by atoms with van der Waals surface area (Å²) in [5.41, 5.74) is 1.54. The summed E-state index contributed by atoms with van der Waals surface area (Å²) in [4.78, 5) is 28.6. The van der Waals surface area contributed by atoms with Gasteiger partial charge < -0.3 is 5.32 Å². The average Bonchev–Trinajstić information content (AvgIpc) is 2.63. The first-order chi connectivity index (χ1) is 12.8. The number of sulfonamides is 1. The van der Waals surface area contributed by atoms with Gasteiger partial charge in [-0.25, -0.2) is 18.5 Å². The largest absolute Gasteiger partial charge is 0.348 e. The second-order valence-electron chi connectivity index (χ2n) is 6.07. The molecule has 0 bridgehead atoms. The van der Waals surface area contributed by atoms with Crippen molar-refractivity contribution in [1.29, 1.82) is 0 Å². The Morgan fingerprint density at radius 3 is 2.52 bits per heavy atom. The molecule has 0 saturated carbocycles. The van der Waals surface area contributed by atoms with E-state index in [0.717, 1.165) is 0 Å². The minimum Gasteiger partial charge on any atom is -0.348 e. The Morgan fingerprint density at radius 1 is 1.19 bits per heavy atom. The third-order valence-corrected chi connectivity index (χ3v) is 5.07. The summed E-state index contributed by atoms with van der Waals surface area (Å²) in [5, 5.41) is 7.87. The Balaban J connectivity index is 1.76. The number of nitrogens with zero attached hydrogens (tertiary/aromatic N) is 2. The van der Waals surface area contributed by atoms with Crippen LogP contribution in [0.5, 0.6) is 0 Å². The van der Waals surface area contributed by atoms with Gasteiger partial charge >= 0.3 is 0 Å². The third-order valence-electron chi connectivity index (χ3n) is 4.14. The molecule has 27 heavy (non-hydrogen) atoms. The minimum atomic E-state index is -3.77. The van der Waals surface area contributed by atoms with Crippen molar-refractivity contribution in [3.8, 4) is 0 Å². The van der Waals surface area contributed by atoms with Crippen LogP contribution < -0.4 is 16.0 Å². The number of carbonyl (C=O) groups is 1. The number of amides is 1. The molecule has 0 fully saturated rings. The number of hydrogen-bond acceptors (Lipinski definition) is 5. The van der Waals surface area contributed by atoms with Crippen LogP contribution >= 0.6 is 0 Å². The molecule has 0 radical (unpaired) electrons. The highest BCUT2D eigenvalue weighted by atomic mass is 32.2. The highest BCUT2D eigenvalue weighted by molar-refractivity contribution is 7.89. The van der Waals surface area contributed by atoms with Crippen LogP contribution in [0.4, 0.5) is 0 Å². The van der Waals surface area contributed by atoms with Gasteiger partial charge in [-0.1, -0.05) is 24.3 Å². The van der Waals surface area contributed by atoms with Crippen LogP contribution in [-0.2, 0) is 21.4 Å². The fourth-order valence-corrected chi connectivity index (χ4v) is 3.25. The van der Waals surface area contributed by atoms with Crippen LogP contribution in [0.3, 0.4) is 0 Å². The van der Waals surface area contributed by atoms with Crippen molar-refractivity contribution >= 4 is 27.0 Å². The fourth-order valence-electron chi connectivity index (χ4n) is 2.74. The van der Waals surface area contributed by atoms with E-state index in [0.29, 0.717) is 16.6 Å². The van der Waals surface area contributed by atoms with E-state index in [-0.39, 0.29) is 28.9 Å². The zero-order valence-corrected chi connectivity index (χ0v) is 15.3. The molecule has 0 saturated heterocycles. The third kappa shape index (κ3) is 4.21. The second kappa shape index (κ2) is 7.29. The number of carbonyl (C=O) groups excluding carboxylic acids is 1. The summed E-state index contributed by atoms with van der Waals surface area (Å²) in [5.74, 6) is -0.350. The van der Waals surface area contributed by atoms with Crippen molar-refractivity contribution in [2.75, 3.05) is 0 Å². The summed E-state index contributed by atoms with van der Waals surface area (Å²) in [6.45, 7) is 1.61. The number of rotatable bonds is 5. The zero-order valence-electron chi connectivity index (χ0n) is 14.5. The number of hydrogen-bond donors (Lipinski definition) is 2.